The molecule has 2 aromatic rings. The molecule has 0 saturated heterocycles. The molecule has 0 heterocycles. The molecule has 1 unspecified atom stereocenters. The summed E-state index contributed by atoms with van der Waals surface area (Å²) in [6.07, 6.45) is 3.62. The number of methoxy groups -OCH3 is 1. The molecular weight excluding hydrogens is 246 g/mol. The van der Waals surface area contributed by atoms with E-state index in [1.165, 1.54) is 18.4 Å². The molecule has 0 spiro atoms. The van der Waals surface area contributed by atoms with Crippen LogP contribution >= 0.6 is 0 Å². The summed E-state index contributed by atoms with van der Waals surface area (Å²) < 4.78 is 5.17. The van der Waals surface area contributed by atoms with Gasteiger partial charge in [0.1, 0.15) is 5.75 Å². The number of aryl methyl sites for hydroxylation is 1. The number of hydrogen-bond donors (Lipinski definition) is 1. The van der Waals surface area contributed by atoms with E-state index < -0.39 is 0 Å². The largest absolute Gasteiger partial charge is 0.497 e. The van der Waals surface area contributed by atoms with Gasteiger partial charge in [0.25, 0.3) is 0 Å². The minimum atomic E-state index is -0.0823. The quantitative estimate of drug-likeness (QED) is 0.857. The summed E-state index contributed by atoms with van der Waals surface area (Å²) in [4.78, 5) is 0. The van der Waals surface area contributed by atoms with Crippen molar-refractivity contribution in [3.63, 3.8) is 0 Å². The summed E-state index contributed by atoms with van der Waals surface area (Å²) in [7, 11) is 1.67. The average Bonchev–Trinajstić information content (AvgIpc) is 2.53. The van der Waals surface area contributed by atoms with E-state index in [9.17, 15) is 0 Å². The van der Waals surface area contributed by atoms with Gasteiger partial charge >= 0.3 is 0 Å². The van der Waals surface area contributed by atoms with Crippen LogP contribution in [-0.2, 0) is 6.42 Å². The Bertz CT molecular complexity index is 516. The monoisotopic (exact) mass is 269 g/mol. The Morgan fingerprint density at radius 2 is 1.50 bits per heavy atom. The van der Waals surface area contributed by atoms with E-state index in [-0.39, 0.29) is 6.04 Å². The SMILES string of the molecule is CCCCc1ccc(C(N)c2ccc(OC)cc2)cc1. The fourth-order valence-electron chi connectivity index (χ4n) is 2.28. The summed E-state index contributed by atoms with van der Waals surface area (Å²) >= 11 is 0. The summed E-state index contributed by atoms with van der Waals surface area (Å²) in [5, 5.41) is 0. The summed E-state index contributed by atoms with van der Waals surface area (Å²) in [6.45, 7) is 2.22. The fraction of sp³-hybridized carbons (Fsp3) is 0.333. The lowest BCUT2D eigenvalue weighted by molar-refractivity contribution is 0.414. The second-order valence-corrected chi connectivity index (χ2v) is 5.10. The van der Waals surface area contributed by atoms with E-state index >= 15 is 0 Å². The van der Waals surface area contributed by atoms with Crippen LogP contribution in [0.5, 0.6) is 5.75 Å². The lowest BCUT2D eigenvalue weighted by atomic mass is 9.97. The number of ether oxygens (including phenoxy) is 1. The van der Waals surface area contributed by atoms with Gasteiger partial charge in [-0.2, -0.15) is 0 Å². The molecule has 0 aliphatic carbocycles. The lowest BCUT2D eigenvalue weighted by Gasteiger charge is -2.13. The number of benzene rings is 2. The molecule has 0 amide bonds. The Balaban J connectivity index is 2.09. The highest BCUT2D eigenvalue weighted by atomic mass is 16.5. The van der Waals surface area contributed by atoms with Crippen molar-refractivity contribution in [1.82, 2.24) is 0 Å². The third-order valence-corrected chi connectivity index (χ3v) is 3.63. The predicted molar refractivity (Wildman–Crippen MR) is 84.1 cm³/mol. The van der Waals surface area contributed by atoms with Gasteiger partial charge in [0.15, 0.2) is 0 Å². The van der Waals surface area contributed by atoms with Crippen LogP contribution in [0.1, 0.15) is 42.5 Å². The molecule has 0 aromatic heterocycles. The average molecular weight is 269 g/mol. The molecule has 0 aliphatic rings. The normalized spacial score (nSPS) is 12.2. The molecule has 0 radical (unpaired) electrons. The summed E-state index contributed by atoms with van der Waals surface area (Å²) in [6, 6.07) is 16.5. The zero-order valence-corrected chi connectivity index (χ0v) is 12.3. The van der Waals surface area contributed by atoms with Crippen molar-refractivity contribution in [2.24, 2.45) is 5.73 Å². The molecule has 106 valence electrons. The summed E-state index contributed by atoms with van der Waals surface area (Å²) in [5.74, 6) is 0.857. The molecular formula is C18H23NO. The molecule has 0 saturated carbocycles. The number of hydrogen-bond acceptors (Lipinski definition) is 2. The van der Waals surface area contributed by atoms with Crippen molar-refractivity contribution in [2.45, 2.75) is 32.2 Å². The van der Waals surface area contributed by atoms with Crippen molar-refractivity contribution in [2.75, 3.05) is 7.11 Å². The van der Waals surface area contributed by atoms with Crippen LogP contribution in [0.4, 0.5) is 0 Å². The van der Waals surface area contributed by atoms with Crippen LogP contribution in [0.2, 0.25) is 0 Å². The van der Waals surface area contributed by atoms with Crippen LogP contribution in [0.3, 0.4) is 0 Å². The van der Waals surface area contributed by atoms with Crippen molar-refractivity contribution >= 4 is 0 Å². The second kappa shape index (κ2) is 7.11. The number of unbranched alkanes of at least 4 members (excludes halogenated alkanes) is 1. The number of rotatable bonds is 6. The minimum Gasteiger partial charge on any atom is -0.497 e. The van der Waals surface area contributed by atoms with Gasteiger partial charge < -0.3 is 10.5 Å². The molecule has 2 rings (SSSR count). The lowest BCUT2D eigenvalue weighted by Crippen LogP contribution is -2.11. The highest BCUT2D eigenvalue weighted by Gasteiger charge is 2.08. The van der Waals surface area contributed by atoms with Crippen LogP contribution in [0.15, 0.2) is 48.5 Å². The second-order valence-electron chi connectivity index (χ2n) is 5.10. The van der Waals surface area contributed by atoms with Gasteiger partial charge in [-0.1, -0.05) is 49.7 Å². The zero-order chi connectivity index (χ0) is 14.4. The Hall–Kier alpha value is -1.80. The van der Waals surface area contributed by atoms with Gasteiger partial charge in [-0.3, -0.25) is 0 Å². The maximum atomic E-state index is 6.32. The van der Waals surface area contributed by atoms with Crippen LogP contribution < -0.4 is 10.5 Å². The predicted octanol–water partition coefficient (Wildman–Crippen LogP) is 4.09. The third-order valence-electron chi connectivity index (χ3n) is 3.63. The standard InChI is InChI=1S/C18H23NO/c1-3-4-5-14-6-8-15(9-7-14)18(19)16-10-12-17(20-2)13-11-16/h6-13,18H,3-5,19H2,1-2H3. The van der Waals surface area contributed by atoms with Crippen LogP contribution in [0.25, 0.3) is 0 Å². The molecule has 20 heavy (non-hydrogen) atoms. The van der Waals surface area contributed by atoms with Crippen molar-refractivity contribution in [3.05, 3.63) is 65.2 Å². The zero-order valence-electron chi connectivity index (χ0n) is 12.3. The van der Waals surface area contributed by atoms with E-state index in [2.05, 4.69) is 31.2 Å². The van der Waals surface area contributed by atoms with E-state index in [0.29, 0.717) is 0 Å². The van der Waals surface area contributed by atoms with Crippen molar-refractivity contribution < 1.29 is 4.74 Å². The molecule has 2 nitrogen and oxygen atoms in total. The highest BCUT2D eigenvalue weighted by molar-refractivity contribution is 5.36. The molecule has 2 aromatic carbocycles. The van der Waals surface area contributed by atoms with Crippen molar-refractivity contribution in [3.8, 4) is 5.75 Å². The maximum Gasteiger partial charge on any atom is 0.118 e. The van der Waals surface area contributed by atoms with E-state index in [1.807, 2.05) is 24.3 Å². The molecule has 0 aliphatic heterocycles. The summed E-state index contributed by atoms with van der Waals surface area (Å²) in [5.41, 5.74) is 9.96. The van der Waals surface area contributed by atoms with Gasteiger partial charge in [0.2, 0.25) is 0 Å². The van der Waals surface area contributed by atoms with Crippen molar-refractivity contribution in [1.29, 1.82) is 0 Å². The first-order valence-corrected chi connectivity index (χ1v) is 7.23. The van der Waals surface area contributed by atoms with E-state index in [0.717, 1.165) is 23.3 Å². The fourth-order valence-corrected chi connectivity index (χ4v) is 2.28. The van der Waals surface area contributed by atoms with Gasteiger partial charge in [0.05, 0.1) is 13.2 Å². The van der Waals surface area contributed by atoms with Crippen LogP contribution in [-0.4, -0.2) is 7.11 Å². The molecule has 0 fully saturated rings. The first-order chi connectivity index (χ1) is 9.74. The Labute approximate surface area is 121 Å². The van der Waals surface area contributed by atoms with E-state index in [1.54, 1.807) is 7.11 Å². The first-order valence-electron chi connectivity index (χ1n) is 7.23. The Morgan fingerprint density at radius 1 is 0.950 bits per heavy atom. The minimum absolute atomic E-state index is 0.0823. The first kappa shape index (κ1) is 14.6. The topological polar surface area (TPSA) is 35.2 Å². The highest BCUT2D eigenvalue weighted by Crippen LogP contribution is 2.22. The van der Waals surface area contributed by atoms with Crippen LogP contribution in [0, 0.1) is 0 Å². The molecule has 2 N–H and O–H groups in total. The van der Waals surface area contributed by atoms with Gasteiger partial charge in [0, 0.05) is 0 Å². The molecule has 0 bridgehead atoms. The van der Waals surface area contributed by atoms with Gasteiger partial charge in [-0.25, -0.2) is 0 Å². The number of nitrogens with two attached hydrogens (primary N) is 1. The van der Waals surface area contributed by atoms with Gasteiger partial charge in [-0.05, 0) is 41.7 Å². The van der Waals surface area contributed by atoms with Gasteiger partial charge in [-0.15, -0.1) is 0 Å². The smallest absolute Gasteiger partial charge is 0.118 e. The molecule has 1 atom stereocenters. The van der Waals surface area contributed by atoms with E-state index in [4.69, 9.17) is 10.5 Å². The molecule has 2 heteroatoms. The maximum absolute atomic E-state index is 6.32. The Kier molecular flexibility index (Phi) is 5.19. The third kappa shape index (κ3) is 3.61. The Morgan fingerprint density at radius 3 is 2.00 bits per heavy atom.